The molecule has 4 nitrogen and oxygen atoms in total. The number of carboxylic acid groups (broad SMARTS) is 1. The van der Waals surface area contributed by atoms with E-state index in [9.17, 15) is 14.7 Å². The van der Waals surface area contributed by atoms with Gasteiger partial charge in [0.05, 0.1) is 1.37 Å². The maximum absolute atomic E-state index is 12.7. The maximum Gasteiger partial charge on any atom is 0.326 e. The lowest BCUT2D eigenvalue weighted by molar-refractivity contribution is -0.142. The van der Waals surface area contributed by atoms with Crippen molar-refractivity contribution in [2.45, 2.75) is 51.8 Å². The van der Waals surface area contributed by atoms with Gasteiger partial charge in [0.25, 0.3) is 0 Å². The van der Waals surface area contributed by atoms with Crippen molar-refractivity contribution in [2.75, 3.05) is 0 Å². The molecule has 0 aliphatic heterocycles. The molecule has 0 aromatic heterocycles. The Balaban J connectivity index is 2.09. The van der Waals surface area contributed by atoms with Crippen LogP contribution in [0, 0.1) is 17.7 Å². The first-order valence-electron chi connectivity index (χ1n) is 11.7. The number of nitrogens with one attached hydrogen (secondary N) is 1. The molecule has 0 saturated heterocycles. The van der Waals surface area contributed by atoms with Gasteiger partial charge in [-0.15, -0.1) is 0 Å². The first-order chi connectivity index (χ1) is 14.1. The van der Waals surface area contributed by atoms with E-state index in [1.807, 2.05) is 0 Å². The molecule has 1 atom stereocenters. The van der Waals surface area contributed by atoms with E-state index < -0.39 is 49.3 Å². The summed E-state index contributed by atoms with van der Waals surface area (Å²) < 4.78 is 62.1. The highest BCUT2D eigenvalue weighted by Gasteiger charge is 2.30. The van der Waals surface area contributed by atoms with Crippen LogP contribution in [0.5, 0.6) is 0 Å². The number of amides is 1. The van der Waals surface area contributed by atoms with E-state index in [-0.39, 0.29) is 32.1 Å². The van der Waals surface area contributed by atoms with Crippen molar-refractivity contribution in [1.29, 1.82) is 0 Å². The molecule has 4 heteroatoms. The molecule has 2 rings (SSSR count). The molecule has 1 amide bonds. The normalized spacial score (nSPS) is 30.6. The van der Waals surface area contributed by atoms with Crippen LogP contribution < -0.4 is 5.32 Å². The van der Waals surface area contributed by atoms with Crippen molar-refractivity contribution in [3.8, 4) is 0 Å². The predicted molar refractivity (Wildman–Crippen MR) is 90.0 cm³/mol. The van der Waals surface area contributed by atoms with Gasteiger partial charge in [-0.1, -0.05) is 44.0 Å². The Hall–Kier alpha value is -1.84. The van der Waals surface area contributed by atoms with E-state index in [4.69, 9.17) is 11.0 Å². The zero-order valence-electron chi connectivity index (χ0n) is 20.8. The molecule has 1 unspecified atom stereocenters. The van der Waals surface area contributed by atoms with Gasteiger partial charge in [0.15, 0.2) is 0 Å². The van der Waals surface area contributed by atoms with E-state index in [0.29, 0.717) is 5.56 Å². The number of rotatable bonds is 6. The van der Waals surface area contributed by atoms with Crippen LogP contribution in [0.2, 0.25) is 0 Å². The standard InChI is InChI=1S/C19H27NO3/c1-13(2)15-8-10-16(11-9-15)18(21)20-17(19(22)23)12-14-6-4-3-5-7-14/h3-7,13,15-17H,8-12H2,1-2H3,(H,20,21)(H,22,23)/i1D3,2D3,13D,17D. The van der Waals surface area contributed by atoms with E-state index in [2.05, 4.69) is 5.32 Å². The highest BCUT2D eigenvalue weighted by atomic mass is 16.4. The van der Waals surface area contributed by atoms with Gasteiger partial charge in [-0.3, -0.25) is 4.79 Å². The Bertz CT molecular complexity index is 774. The number of carbonyl (C=O) groups is 2. The maximum atomic E-state index is 12.7. The molecule has 0 bridgehead atoms. The van der Waals surface area contributed by atoms with Crippen molar-refractivity contribution >= 4 is 11.9 Å². The molecule has 2 N–H and O–H groups in total. The molecule has 1 saturated carbocycles. The largest absolute Gasteiger partial charge is 0.480 e. The summed E-state index contributed by atoms with van der Waals surface area (Å²) in [5.74, 6) is -6.44. The van der Waals surface area contributed by atoms with Gasteiger partial charge in [0.2, 0.25) is 5.91 Å². The molecule has 0 heterocycles. The summed E-state index contributed by atoms with van der Waals surface area (Å²) in [5.41, 5.74) is 0.568. The van der Waals surface area contributed by atoms with Crippen molar-refractivity contribution in [3.63, 3.8) is 0 Å². The van der Waals surface area contributed by atoms with Gasteiger partial charge in [0.1, 0.15) is 6.02 Å². The SMILES string of the molecule is [2H]C(Cc1ccccc1)(NC(=O)C1CCC(C([2H])(C([2H])([2H])[2H])C([2H])([2H])[2H])CC1)C(=O)O. The van der Waals surface area contributed by atoms with Crippen molar-refractivity contribution in [3.05, 3.63) is 35.9 Å². The molecule has 1 aliphatic carbocycles. The summed E-state index contributed by atoms with van der Waals surface area (Å²) in [6, 6.07) is 6.18. The summed E-state index contributed by atoms with van der Waals surface area (Å²) in [5, 5.41) is 11.8. The van der Waals surface area contributed by atoms with Crippen molar-refractivity contribution in [2.24, 2.45) is 17.7 Å². The number of carboxylic acids is 1. The van der Waals surface area contributed by atoms with Crippen LogP contribution >= 0.6 is 0 Å². The van der Waals surface area contributed by atoms with E-state index >= 15 is 0 Å². The Kier molecular flexibility index (Phi) is 3.34. The fourth-order valence-electron chi connectivity index (χ4n) is 2.87. The van der Waals surface area contributed by atoms with Gasteiger partial charge in [-0.2, -0.15) is 0 Å². The third-order valence-corrected chi connectivity index (χ3v) is 4.26. The fourth-order valence-corrected chi connectivity index (χ4v) is 2.87. The molecular weight excluding hydrogens is 290 g/mol. The molecule has 1 aromatic carbocycles. The molecule has 0 radical (unpaired) electrons. The zero-order valence-corrected chi connectivity index (χ0v) is 12.8. The highest BCUT2D eigenvalue weighted by molar-refractivity contribution is 5.85. The lowest BCUT2D eigenvalue weighted by Crippen LogP contribution is -2.45. The van der Waals surface area contributed by atoms with Crippen LogP contribution in [0.25, 0.3) is 0 Å². The molecule has 1 aromatic rings. The third-order valence-electron chi connectivity index (χ3n) is 4.26. The molecule has 23 heavy (non-hydrogen) atoms. The molecular formula is C19H27NO3. The Morgan fingerprint density at radius 2 is 1.91 bits per heavy atom. The minimum atomic E-state index is -3.02. The summed E-state index contributed by atoms with van der Waals surface area (Å²) in [6.07, 6.45) is 0.0666. The van der Waals surface area contributed by atoms with Crippen LogP contribution in [0.3, 0.4) is 0 Å². The molecule has 0 spiro atoms. The summed E-state index contributed by atoms with van der Waals surface area (Å²) >= 11 is 0. The third kappa shape index (κ3) is 5.08. The quantitative estimate of drug-likeness (QED) is 0.843. The molecule has 1 aliphatic rings. The van der Waals surface area contributed by atoms with Crippen molar-refractivity contribution in [1.82, 2.24) is 5.32 Å². The van der Waals surface area contributed by atoms with E-state index in [1.54, 1.807) is 30.3 Å². The summed E-state index contributed by atoms with van der Waals surface area (Å²) in [7, 11) is 0. The number of hydrogen-bond donors (Lipinski definition) is 2. The molecule has 126 valence electrons. The minimum Gasteiger partial charge on any atom is -0.480 e. The first kappa shape index (κ1) is 9.45. The van der Waals surface area contributed by atoms with Crippen molar-refractivity contribution < 1.29 is 25.7 Å². The van der Waals surface area contributed by atoms with Gasteiger partial charge in [0, 0.05) is 21.9 Å². The highest BCUT2D eigenvalue weighted by Crippen LogP contribution is 2.33. The number of benzene rings is 1. The smallest absolute Gasteiger partial charge is 0.326 e. The predicted octanol–water partition coefficient (Wildman–Crippen LogP) is 3.26. The Labute approximate surface area is 149 Å². The van der Waals surface area contributed by atoms with Crippen LogP contribution in [0.15, 0.2) is 30.3 Å². The number of hydrogen-bond acceptors (Lipinski definition) is 2. The second-order valence-corrected chi connectivity index (χ2v) is 5.90. The fraction of sp³-hybridized carbons (Fsp3) is 0.579. The lowest BCUT2D eigenvalue weighted by atomic mass is 9.76. The van der Waals surface area contributed by atoms with Gasteiger partial charge < -0.3 is 10.4 Å². The minimum absolute atomic E-state index is 0.0368. The topological polar surface area (TPSA) is 66.4 Å². The zero-order chi connectivity index (χ0) is 23.7. The van der Waals surface area contributed by atoms with Crippen LogP contribution in [-0.4, -0.2) is 23.0 Å². The van der Waals surface area contributed by atoms with E-state index in [1.165, 1.54) is 0 Å². The number of aliphatic carboxylic acids is 1. The van der Waals surface area contributed by atoms with Crippen LogP contribution in [0.4, 0.5) is 0 Å². The second kappa shape index (κ2) is 8.14. The van der Waals surface area contributed by atoms with Gasteiger partial charge >= 0.3 is 5.97 Å². The molecule has 1 fully saturated rings. The Morgan fingerprint density at radius 1 is 1.26 bits per heavy atom. The van der Waals surface area contributed by atoms with E-state index in [0.717, 1.165) is 0 Å². The second-order valence-electron chi connectivity index (χ2n) is 5.90. The van der Waals surface area contributed by atoms with Crippen LogP contribution in [-0.2, 0) is 16.0 Å². The van der Waals surface area contributed by atoms with Crippen LogP contribution in [0.1, 0.15) is 55.9 Å². The average molecular weight is 325 g/mol. The summed E-state index contributed by atoms with van der Waals surface area (Å²) in [6.45, 7) is -6.04. The van der Waals surface area contributed by atoms with Gasteiger partial charge in [-0.05, 0) is 43.1 Å². The Morgan fingerprint density at radius 3 is 2.48 bits per heavy atom. The number of carbonyl (C=O) groups excluding carboxylic acids is 1. The average Bonchev–Trinajstić information content (AvgIpc) is 2.66. The van der Waals surface area contributed by atoms with Gasteiger partial charge in [-0.25, -0.2) is 4.79 Å². The monoisotopic (exact) mass is 325 g/mol. The summed E-state index contributed by atoms with van der Waals surface area (Å²) in [4.78, 5) is 24.4. The first-order valence-corrected chi connectivity index (χ1v) is 7.71. The lowest BCUT2D eigenvalue weighted by Gasteiger charge is -2.30.